The van der Waals surface area contributed by atoms with Crippen LogP contribution in [0.2, 0.25) is 10.0 Å². The summed E-state index contributed by atoms with van der Waals surface area (Å²) in [5, 5.41) is 15.0. The average Bonchev–Trinajstić information content (AvgIpc) is 3.19. The molecular weight excluding hydrogens is 477 g/mol. The maximum absolute atomic E-state index is 11.2. The van der Waals surface area contributed by atoms with Gasteiger partial charge in [-0.25, -0.2) is 4.79 Å². The molecule has 0 spiro atoms. The molecule has 4 aromatic rings. The number of carboxylic acids is 1. The summed E-state index contributed by atoms with van der Waals surface area (Å²) in [4.78, 5) is 11.2. The van der Waals surface area contributed by atoms with E-state index in [-0.39, 0.29) is 10.8 Å². The molecule has 0 fully saturated rings. The summed E-state index contributed by atoms with van der Waals surface area (Å²) in [5.74, 6) is 0.503. The van der Waals surface area contributed by atoms with E-state index in [2.05, 4.69) is 12.1 Å². The molecule has 176 valence electrons. The number of aromatic nitrogens is 1. The molecule has 0 aliphatic rings. The van der Waals surface area contributed by atoms with E-state index in [1.165, 1.54) is 6.92 Å². The number of rotatable bonds is 8. The summed E-state index contributed by atoms with van der Waals surface area (Å²) in [5.41, 5.74) is 3.99. The first-order valence-electron chi connectivity index (χ1n) is 10.8. The Hall–Kier alpha value is -3.22. The molecule has 0 saturated heterocycles. The second-order valence-corrected chi connectivity index (χ2v) is 8.80. The van der Waals surface area contributed by atoms with Crippen LogP contribution in [0.15, 0.2) is 53.1 Å². The quantitative estimate of drug-likeness (QED) is 0.267. The van der Waals surface area contributed by atoms with E-state index in [0.29, 0.717) is 33.2 Å². The Bertz CT molecular complexity index is 1370. The lowest BCUT2D eigenvalue weighted by molar-refractivity contribution is -0.144. The molecule has 1 aromatic heterocycles. The number of ether oxygens (including phenoxy) is 2. The molecule has 1 atom stereocenters. The normalized spacial score (nSPS) is 12.0. The number of carbonyl (C=O) groups is 1. The number of halogens is 2. The summed E-state index contributed by atoms with van der Waals surface area (Å²) in [6.07, 6.45) is 0.655. The van der Waals surface area contributed by atoms with Crippen LogP contribution in [0.3, 0.4) is 0 Å². The third-order valence-electron chi connectivity index (χ3n) is 5.41. The number of aliphatic carboxylic acids is 1. The van der Waals surface area contributed by atoms with Gasteiger partial charge in [-0.05, 0) is 67.8 Å². The van der Waals surface area contributed by atoms with Crippen LogP contribution in [0.4, 0.5) is 0 Å². The highest BCUT2D eigenvalue weighted by molar-refractivity contribution is 6.33. The molecule has 34 heavy (non-hydrogen) atoms. The molecule has 0 bridgehead atoms. The summed E-state index contributed by atoms with van der Waals surface area (Å²) < 4.78 is 17.1. The molecule has 0 aliphatic carbocycles. The number of carboxylic acid groups (broad SMARTS) is 1. The molecule has 1 heterocycles. The zero-order valence-electron chi connectivity index (χ0n) is 18.9. The van der Waals surface area contributed by atoms with Crippen molar-refractivity contribution in [3.8, 4) is 28.5 Å². The smallest absolute Gasteiger partial charge is 0.344 e. The Morgan fingerprint density at radius 3 is 2.53 bits per heavy atom. The van der Waals surface area contributed by atoms with Crippen molar-refractivity contribution in [2.75, 3.05) is 0 Å². The SMILES string of the molecule is CCCc1cc(Oc2ccc(C)c(Cl)c2)ccc1-c1noc2cc(Cl)c(O[C@@H](C)C(=O)O)cc12. The summed E-state index contributed by atoms with van der Waals surface area (Å²) in [7, 11) is 0. The number of hydrogen-bond acceptors (Lipinski definition) is 5. The van der Waals surface area contributed by atoms with E-state index in [9.17, 15) is 9.90 Å². The zero-order chi connectivity index (χ0) is 24.4. The molecule has 8 heteroatoms. The molecule has 0 radical (unpaired) electrons. The van der Waals surface area contributed by atoms with E-state index in [1.54, 1.807) is 18.2 Å². The van der Waals surface area contributed by atoms with Gasteiger partial charge in [-0.1, -0.05) is 47.8 Å². The van der Waals surface area contributed by atoms with Crippen molar-refractivity contribution in [2.24, 2.45) is 0 Å². The monoisotopic (exact) mass is 499 g/mol. The fourth-order valence-corrected chi connectivity index (χ4v) is 3.95. The maximum Gasteiger partial charge on any atom is 0.344 e. The minimum atomic E-state index is -1.09. The standard InChI is InChI=1S/C26H23Cl2NO5/c1-4-5-16-10-17(33-18-7-6-14(2)21(27)11-18)8-9-19(16)25-20-12-24(32-15(3)26(30)31)22(28)13-23(20)34-29-25/h6-13,15H,4-5H2,1-3H3,(H,30,31)/t15-/m0/s1. The lowest BCUT2D eigenvalue weighted by Gasteiger charge is -2.13. The van der Waals surface area contributed by atoms with Crippen LogP contribution in [-0.2, 0) is 11.2 Å². The second-order valence-electron chi connectivity index (χ2n) is 7.99. The Morgan fingerprint density at radius 1 is 1.09 bits per heavy atom. The number of benzene rings is 3. The molecule has 3 aromatic carbocycles. The van der Waals surface area contributed by atoms with Gasteiger partial charge in [-0.3, -0.25) is 0 Å². The molecule has 6 nitrogen and oxygen atoms in total. The van der Waals surface area contributed by atoms with Gasteiger partial charge in [0, 0.05) is 16.7 Å². The first kappa shape index (κ1) is 23.9. The Labute approximate surface area is 207 Å². The van der Waals surface area contributed by atoms with Gasteiger partial charge < -0.3 is 19.1 Å². The molecule has 0 saturated carbocycles. The lowest BCUT2D eigenvalue weighted by atomic mass is 9.98. The highest BCUT2D eigenvalue weighted by atomic mass is 35.5. The predicted octanol–water partition coefficient (Wildman–Crippen LogP) is 7.71. The van der Waals surface area contributed by atoms with E-state index in [1.807, 2.05) is 37.3 Å². The minimum absolute atomic E-state index is 0.248. The first-order chi connectivity index (χ1) is 16.3. The third-order valence-corrected chi connectivity index (χ3v) is 6.11. The van der Waals surface area contributed by atoms with Crippen molar-refractivity contribution < 1.29 is 23.9 Å². The second kappa shape index (κ2) is 9.95. The molecule has 0 amide bonds. The first-order valence-corrected chi connectivity index (χ1v) is 11.6. The third kappa shape index (κ3) is 4.98. The summed E-state index contributed by atoms with van der Waals surface area (Å²) in [6, 6.07) is 14.6. The van der Waals surface area contributed by atoms with Crippen molar-refractivity contribution in [1.82, 2.24) is 5.16 Å². The van der Waals surface area contributed by atoms with Gasteiger partial charge >= 0.3 is 5.97 Å². The molecule has 0 aliphatic heterocycles. The van der Waals surface area contributed by atoms with E-state index < -0.39 is 12.1 Å². The molecule has 0 unspecified atom stereocenters. The Balaban J connectivity index is 1.73. The fourth-order valence-electron chi connectivity index (χ4n) is 3.58. The van der Waals surface area contributed by atoms with Gasteiger partial charge in [0.25, 0.3) is 0 Å². The fraction of sp³-hybridized carbons (Fsp3) is 0.231. The van der Waals surface area contributed by atoms with E-state index in [4.69, 9.17) is 37.2 Å². The minimum Gasteiger partial charge on any atom is -0.479 e. The van der Waals surface area contributed by atoms with Crippen LogP contribution in [0.5, 0.6) is 17.2 Å². The number of fused-ring (bicyclic) bond motifs is 1. The summed E-state index contributed by atoms with van der Waals surface area (Å²) in [6.45, 7) is 5.47. The van der Waals surface area contributed by atoms with Gasteiger partial charge in [-0.2, -0.15) is 0 Å². The average molecular weight is 500 g/mol. The van der Waals surface area contributed by atoms with Crippen LogP contribution < -0.4 is 9.47 Å². The van der Waals surface area contributed by atoms with Crippen molar-refractivity contribution in [3.05, 3.63) is 69.7 Å². The maximum atomic E-state index is 11.2. The number of aryl methyl sites for hydroxylation is 2. The van der Waals surface area contributed by atoms with Gasteiger partial charge in [0.15, 0.2) is 11.7 Å². The lowest BCUT2D eigenvalue weighted by Crippen LogP contribution is -2.22. The highest BCUT2D eigenvalue weighted by Crippen LogP contribution is 2.38. The van der Waals surface area contributed by atoms with Crippen molar-refractivity contribution in [3.63, 3.8) is 0 Å². The van der Waals surface area contributed by atoms with Gasteiger partial charge in [0.2, 0.25) is 0 Å². The van der Waals surface area contributed by atoms with Gasteiger partial charge in [0.05, 0.1) is 10.4 Å². The van der Waals surface area contributed by atoms with Gasteiger partial charge in [0.1, 0.15) is 22.9 Å². The van der Waals surface area contributed by atoms with Crippen molar-refractivity contribution in [1.29, 1.82) is 0 Å². The van der Waals surface area contributed by atoms with Crippen LogP contribution >= 0.6 is 23.2 Å². The zero-order valence-corrected chi connectivity index (χ0v) is 20.4. The Kier molecular flexibility index (Phi) is 7.00. The van der Waals surface area contributed by atoms with Crippen LogP contribution in [0.25, 0.3) is 22.2 Å². The van der Waals surface area contributed by atoms with E-state index >= 15 is 0 Å². The van der Waals surface area contributed by atoms with Gasteiger partial charge in [-0.15, -0.1) is 0 Å². The topological polar surface area (TPSA) is 81.8 Å². The predicted molar refractivity (Wildman–Crippen MR) is 132 cm³/mol. The van der Waals surface area contributed by atoms with Crippen LogP contribution in [-0.4, -0.2) is 22.3 Å². The number of hydrogen-bond donors (Lipinski definition) is 1. The van der Waals surface area contributed by atoms with Crippen molar-refractivity contribution >= 4 is 40.1 Å². The summed E-state index contributed by atoms with van der Waals surface area (Å²) >= 11 is 12.5. The molecule has 1 N–H and O–H groups in total. The van der Waals surface area contributed by atoms with Crippen LogP contribution in [0, 0.1) is 6.92 Å². The van der Waals surface area contributed by atoms with E-state index in [0.717, 1.165) is 29.5 Å². The molecule has 4 rings (SSSR count). The Morgan fingerprint density at radius 2 is 1.82 bits per heavy atom. The highest BCUT2D eigenvalue weighted by Gasteiger charge is 2.20. The number of nitrogens with zero attached hydrogens (tertiary/aromatic N) is 1. The van der Waals surface area contributed by atoms with Crippen LogP contribution in [0.1, 0.15) is 31.4 Å². The van der Waals surface area contributed by atoms with Crippen molar-refractivity contribution in [2.45, 2.75) is 39.7 Å². The molecular formula is C26H23Cl2NO5. The largest absolute Gasteiger partial charge is 0.479 e.